The molecule has 0 saturated heterocycles. The third kappa shape index (κ3) is 10.4. The van der Waals surface area contributed by atoms with Gasteiger partial charge in [0.15, 0.2) is 0 Å². The molecule has 0 amide bonds. The minimum absolute atomic E-state index is 0.499. The molecule has 0 aromatic rings. The van der Waals surface area contributed by atoms with Crippen molar-refractivity contribution in [1.29, 1.82) is 0 Å². The zero-order chi connectivity index (χ0) is 12.4. The van der Waals surface area contributed by atoms with E-state index in [1.54, 1.807) is 0 Å². The highest BCUT2D eigenvalue weighted by molar-refractivity contribution is 4.67. The molecule has 0 bridgehead atoms. The van der Waals surface area contributed by atoms with Gasteiger partial charge in [-0.15, -0.1) is 0 Å². The van der Waals surface area contributed by atoms with Gasteiger partial charge in [-0.05, 0) is 59.2 Å². The summed E-state index contributed by atoms with van der Waals surface area (Å²) < 4.78 is 0. The van der Waals surface area contributed by atoms with E-state index >= 15 is 0 Å². The summed E-state index contributed by atoms with van der Waals surface area (Å²) in [6, 6.07) is 0. The quantitative estimate of drug-likeness (QED) is 0.620. The normalized spacial score (nSPS) is 12.4. The van der Waals surface area contributed by atoms with Gasteiger partial charge in [0.25, 0.3) is 0 Å². The van der Waals surface area contributed by atoms with Crippen molar-refractivity contribution in [3.63, 3.8) is 0 Å². The maximum absolute atomic E-state index is 9.66. The standard InChI is InChI=1S/C14H31NO/c1-5-7-11-15(12-8-6-2)13-9-10-14(3,4)16/h16H,5-13H2,1-4H3. The Morgan fingerprint density at radius 1 is 0.875 bits per heavy atom. The summed E-state index contributed by atoms with van der Waals surface area (Å²) >= 11 is 0. The minimum atomic E-state index is -0.499. The van der Waals surface area contributed by atoms with Crippen LogP contribution >= 0.6 is 0 Å². The molecule has 0 atom stereocenters. The predicted molar refractivity (Wildman–Crippen MR) is 71.8 cm³/mol. The number of nitrogens with zero attached hydrogens (tertiary/aromatic N) is 1. The molecule has 0 rings (SSSR count). The molecule has 0 heterocycles. The highest BCUT2D eigenvalue weighted by atomic mass is 16.3. The summed E-state index contributed by atoms with van der Waals surface area (Å²) in [4.78, 5) is 2.55. The lowest BCUT2D eigenvalue weighted by atomic mass is 10.0. The molecule has 0 aliphatic carbocycles. The van der Waals surface area contributed by atoms with Gasteiger partial charge < -0.3 is 10.0 Å². The van der Waals surface area contributed by atoms with Gasteiger partial charge in [0.2, 0.25) is 0 Å². The number of hydrogen-bond acceptors (Lipinski definition) is 2. The van der Waals surface area contributed by atoms with Gasteiger partial charge >= 0.3 is 0 Å². The van der Waals surface area contributed by atoms with Crippen LogP contribution in [0.3, 0.4) is 0 Å². The largest absolute Gasteiger partial charge is 0.390 e. The first-order chi connectivity index (χ1) is 7.49. The number of hydrogen-bond donors (Lipinski definition) is 1. The summed E-state index contributed by atoms with van der Waals surface area (Å²) in [7, 11) is 0. The fourth-order valence-electron chi connectivity index (χ4n) is 1.83. The van der Waals surface area contributed by atoms with E-state index in [4.69, 9.17) is 0 Å². The number of unbranched alkanes of at least 4 members (excludes halogenated alkanes) is 2. The maximum Gasteiger partial charge on any atom is 0.0592 e. The van der Waals surface area contributed by atoms with Crippen molar-refractivity contribution in [3.8, 4) is 0 Å². The molecular weight excluding hydrogens is 198 g/mol. The van der Waals surface area contributed by atoms with Crippen molar-refractivity contribution in [3.05, 3.63) is 0 Å². The molecule has 0 radical (unpaired) electrons. The van der Waals surface area contributed by atoms with Crippen molar-refractivity contribution in [2.75, 3.05) is 19.6 Å². The summed E-state index contributed by atoms with van der Waals surface area (Å²) in [6.45, 7) is 11.9. The van der Waals surface area contributed by atoms with Gasteiger partial charge in [-0.25, -0.2) is 0 Å². The van der Waals surface area contributed by atoms with Crippen molar-refractivity contribution in [2.45, 2.75) is 71.8 Å². The molecule has 98 valence electrons. The van der Waals surface area contributed by atoms with Gasteiger partial charge in [-0.3, -0.25) is 0 Å². The molecule has 0 fully saturated rings. The molecule has 0 spiro atoms. The van der Waals surface area contributed by atoms with Crippen LogP contribution in [0.25, 0.3) is 0 Å². The number of rotatable bonds is 10. The monoisotopic (exact) mass is 229 g/mol. The highest BCUT2D eigenvalue weighted by Gasteiger charge is 2.12. The first-order valence-corrected chi connectivity index (χ1v) is 6.94. The van der Waals surface area contributed by atoms with Crippen LogP contribution < -0.4 is 0 Å². The van der Waals surface area contributed by atoms with E-state index in [1.807, 2.05) is 13.8 Å². The van der Waals surface area contributed by atoms with Crippen molar-refractivity contribution in [2.24, 2.45) is 0 Å². The molecule has 0 aliphatic heterocycles. The van der Waals surface area contributed by atoms with Gasteiger partial charge in [-0.2, -0.15) is 0 Å². The zero-order valence-electron chi connectivity index (χ0n) is 11.8. The molecule has 1 N–H and O–H groups in total. The van der Waals surface area contributed by atoms with E-state index in [0.29, 0.717) is 0 Å². The Labute approximate surface area is 102 Å². The Balaban J connectivity index is 3.72. The zero-order valence-corrected chi connectivity index (χ0v) is 11.8. The van der Waals surface area contributed by atoms with Crippen molar-refractivity contribution >= 4 is 0 Å². The van der Waals surface area contributed by atoms with Crippen molar-refractivity contribution in [1.82, 2.24) is 4.90 Å². The lowest BCUT2D eigenvalue weighted by Gasteiger charge is -2.24. The Bertz CT molecular complexity index is 143. The van der Waals surface area contributed by atoms with Crippen LogP contribution in [0.1, 0.15) is 66.2 Å². The van der Waals surface area contributed by atoms with Crippen LogP contribution in [-0.4, -0.2) is 35.2 Å². The molecular formula is C14H31NO. The Hall–Kier alpha value is -0.0800. The minimum Gasteiger partial charge on any atom is -0.390 e. The average molecular weight is 229 g/mol. The first kappa shape index (κ1) is 15.9. The summed E-state index contributed by atoms with van der Waals surface area (Å²) in [6.07, 6.45) is 7.15. The lowest BCUT2D eigenvalue weighted by Crippen LogP contribution is -2.29. The van der Waals surface area contributed by atoms with Gasteiger partial charge in [0, 0.05) is 0 Å². The molecule has 16 heavy (non-hydrogen) atoms. The van der Waals surface area contributed by atoms with E-state index in [0.717, 1.165) is 19.4 Å². The van der Waals surface area contributed by atoms with Crippen LogP contribution in [0, 0.1) is 0 Å². The smallest absolute Gasteiger partial charge is 0.0592 e. The highest BCUT2D eigenvalue weighted by Crippen LogP contribution is 2.11. The molecule has 2 heteroatoms. The molecule has 0 aliphatic rings. The Morgan fingerprint density at radius 2 is 1.31 bits per heavy atom. The molecule has 0 saturated carbocycles. The van der Waals surface area contributed by atoms with Crippen LogP contribution in [0.2, 0.25) is 0 Å². The van der Waals surface area contributed by atoms with Crippen LogP contribution in [-0.2, 0) is 0 Å². The van der Waals surface area contributed by atoms with Crippen LogP contribution in [0.15, 0.2) is 0 Å². The maximum atomic E-state index is 9.66. The second-order valence-corrected chi connectivity index (χ2v) is 5.46. The molecule has 0 aromatic heterocycles. The molecule has 2 nitrogen and oxygen atoms in total. The second-order valence-electron chi connectivity index (χ2n) is 5.46. The number of aliphatic hydroxyl groups is 1. The van der Waals surface area contributed by atoms with Crippen molar-refractivity contribution < 1.29 is 5.11 Å². The van der Waals surface area contributed by atoms with Gasteiger partial charge in [0.1, 0.15) is 0 Å². The SMILES string of the molecule is CCCCN(CCCC)CCCC(C)(C)O. The van der Waals surface area contributed by atoms with E-state index in [1.165, 1.54) is 38.8 Å². The topological polar surface area (TPSA) is 23.5 Å². The third-order valence-corrected chi connectivity index (χ3v) is 2.92. The Kier molecular flexibility index (Phi) is 8.96. The third-order valence-electron chi connectivity index (χ3n) is 2.92. The predicted octanol–water partition coefficient (Wildman–Crippen LogP) is 3.44. The van der Waals surface area contributed by atoms with E-state index in [9.17, 15) is 5.11 Å². The summed E-state index contributed by atoms with van der Waals surface area (Å²) in [5.41, 5.74) is -0.499. The fourth-order valence-corrected chi connectivity index (χ4v) is 1.83. The molecule has 0 unspecified atom stereocenters. The molecule has 0 aromatic carbocycles. The first-order valence-electron chi connectivity index (χ1n) is 6.94. The average Bonchev–Trinajstić information content (AvgIpc) is 2.19. The Morgan fingerprint density at radius 3 is 1.69 bits per heavy atom. The van der Waals surface area contributed by atoms with Gasteiger partial charge in [-0.1, -0.05) is 26.7 Å². The van der Waals surface area contributed by atoms with Crippen LogP contribution in [0.4, 0.5) is 0 Å². The fraction of sp³-hybridized carbons (Fsp3) is 1.00. The lowest BCUT2D eigenvalue weighted by molar-refractivity contribution is 0.0648. The van der Waals surface area contributed by atoms with E-state index in [2.05, 4.69) is 18.7 Å². The summed E-state index contributed by atoms with van der Waals surface area (Å²) in [5.74, 6) is 0. The van der Waals surface area contributed by atoms with E-state index < -0.39 is 5.60 Å². The summed E-state index contributed by atoms with van der Waals surface area (Å²) in [5, 5.41) is 9.66. The second kappa shape index (κ2) is 9.00. The van der Waals surface area contributed by atoms with Gasteiger partial charge in [0.05, 0.1) is 5.60 Å². The van der Waals surface area contributed by atoms with E-state index in [-0.39, 0.29) is 0 Å². The van der Waals surface area contributed by atoms with Crippen LogP contribution in [0.5, 0.6) is 0 Å².